The van der Waals surface area contributed by atoms with E-state index in [1.807, 2.05) is 6.07 Å². The summed E-state index contributed by atoms with van der Waals surface area (Å²) in [6, 6.07) is 13.9. The minimum Gasteiger partial charge on any atom is -0.462 e. The minimum absolute atomic E-state index is 0.178. The van der Waals surface area contributed by atoms with E-state index in [0.717, 1.165) is 5.56 Å². The first-order valence-corrected chi connectivity index (χ1v) is 7.28. The molecule has 5 heteroatoms. The van der Waals surface area contributed by atoms with E-state index in [2.05, 4.69) is 5.32 Å². The predicted molar refractivity (Wildman–Crippen MR) is 86.2 cm³/mol. The molecule has 2 aromatic rings. The van der Waals surface area contributed by atoms with E-state index in [-0.39, 0.29) is 18.9 Å². The van der Waals surface area contributed by atoms with Crippen molar-refractivity contribution in [3.8, 4) is 0 Å². The lowest BCUT2D eigenvalue weighted by Crippen LogP contribution is -2.17. The number of carbonyl (C=O) groups is 2. The highest BCUT2D eigenvalue weighted by Gasteiger charge is 2.14. The third-order valence-electron chi connectivity index (χ3n) is 2.95. The van der Waals surface area contributed by atoms with Crippen molar-refractivity contribution >= 4 is 29.2 Å². The maximum Gasteiger partial charge on any atom is 0.340 e. The Hall–Kier alpha value is -2.33. The maximum absolute atomic E-state index is 12.1. The lowest BCUT2D eigenvalue weighted by atomic mass is 10.1. The van der Waals surface area contributed by atoms with Gasteiger partial charge in [0.25, 0.3) is 0 Å². The molecule has 0 aliphatic carbocycles. The highest BCUT2D eigenvalue weighted by atomic mass is 35.5. The fraction of sp³-hybridized carbons (Fsp3) is 0.176. The SMILES string of the molecule is CCOC(=O)c1ccccc1NC(=O)Cc1cccc(Cl)c1. The second-order valence-corrected chi connectivity index (χ2v) is 5.06. The van der Waals surface area contributed by atoms with Gasteiger partial charge in [0.15, 0.2) is 0 Å². The maximum atomic E-state index is 12.1. The van der Waals surface area contributed by atoms with Gasteiger partial charge in [0.1, 0.15) is 0 Å². The molecule has 2 rings (SSSR count). The number of esters is 1. The number of para-hydroxylation sites is 1. The Labute approximate surface area is 134 Å². The molecule has 0 saturated heterocycles. The number of benzene rings is 2. The number of anilines is 1. The third kappa shape index (κ3) is 4.33. The van der Waals surface area contributed by atoms with E-state index < -0.39 is 5.97 Å². The second-order valence-electron chi connectivity index (χ2n) is 4.62. The quantitative estimate of drug-likeness (QED) is 0.855. The smallest absolute Gasteiger partial charge is 0.340 e. The number of carbonyl (C=O) groups excluding carboxylic acids is 2. The fourth-order valence-corrected chi connectivity index (χ4v) is 2.22. The average molecular weight is 318 g/mol. The lowest BCUT2D eigenvalue weighted by Gasteiger charge is -2.10. The van der Waals surface area contributed by atoms with Crippen LogP contribution in [0.1, 0.15) is 22.8 Å². The second kappa shape index (κ2) is 7.61. The van der Waals surface area contributed by atoms with Gasteiger partial charge >= 0.3 is 5.97 Å². The molecular formula is C17H16ClNO3. The Bertz CT molecular complexity index is 685. The normalized spacial score (nSPS) is 10.1. The fourth-order valence-electron chi connectivity index (χ4n) is 2.01. The summed E-state index contributed by atoms with van der Waals surface area (Å²) in [6.45, 7) is 2.02. The first kappa shape index (κ1) is 16.0. The summed E-state index contributed by atoms with van der Waals surface area (Å²) in [7, 11) is 0. The molecule has 2 aromatic carbocycles. The largest absolute Gasteiger partial charge is 0.462 e. The van der Waals surface area contributed by atoms with Crippen LogP contribution in [0.2, 0.25) is 5.02 Å². The number of hydrogen-bond acceptors (Lipinski definition) is 3. The first-order valence-electron chi connectivity index (χ1n) is 6.90. The Balaban J connectivity index is 2.10. The summed E-state index contributed by atoms with van der Waals surface area (Å²) in [5.41, 5.74) is 1.58. The highest BCUT2D eigenvalue weighted by Crippen LogP contribution is 2.17. The van der Waals surface area contributed by atoms with Crippen molar-refractivity contribution in [2.24, 2.45) is 0 Å². The molecule has 0 spiro atoms. The topological polar surface area (TPSA) is 55.4 Å². The Morgan fingerprint density at radius 2 is 1.91 bits per heavy atom. The molecule has 114 valence electrons. The van der Waals surface area contributed by atoms with Crippen LogP contribution in [0, 0.1) is 0 Å². The average Bonchev–Trinajstić information content (AvgIpc) is 2.48. The molecular weight excluding hydrogens is 302 g/mol. The highest BCUT2D eigenvalue weighted by molar-refractivity contribution is 6.30. The van der Waals surface area contributed by atoms with Crippen molar-refractivity contribution in [3.63, 3.8) is 0 Å². The van der Waals surface area contributed by atoms with Gasteiger partial charge in [-0.3, -0.25) is 4.79 Å². The van der Waals surface area contributed by atoms with Crippen molar-refractivity contribution in [2.75, 3.05) is 11.9 Å². The number of hydrogen-bond donors (Lipinski definition) is 1. The van der Waals surface area contributed by atoms with Crippen LogP contribution < -0.4 is 5.32 Å². The number of ether oxygens (including phenoxy) is 1. The van der Waals surface area contributed by atoms with Gasteiger partial charge in [-0.25, -0.2) is 4.79 Å². The van der Waals surface area contributed by atoms with Crippen LogP contribution in [0.5, 0.6) is 0 Å². The standard InChI is InChI=1S/C17H16ClNO3/c1-2-22-17(21)14-8-3-4-9-15(14)19-16(20)11-12-6-5-7-13(18)10-12/h3-10H,2,11H2,1H3,(H,19,20). The van der Waals surface area contributed by atoms with Crippen molar-refractivity contribution < 1.29 is 14.3 Å². The summed E-state index contributed by atoms with van der Waals surface area (Å²) in [5, 5.41) is 3.32. The van der Waals surface area contributed by atoms with Crippen LogP contribution in [-0.2, 0) is 16.0 Å². The number of halogens is 1. The van der Waals surface area contributed by atoms with E-state index >= 15 is 0 Å². The number of amides is 1. The van der Waals surface area contributed by atoms with Crippen LogP contribution in [0.4, 0.5) is 5.69 Å². The molecule has 0 aliphatic rings. The molecule has 0 heterocycles. The van der Waals surface area contributed by atoms with Gasteiger partial charge in [-0.2, -0.15) is 0 Å². The molecule has 22 heavy (non-hydrogen) atoms. The Morgan fingerprint density at radius 3 is 2.64 bits per heavy atom. The van der Waals surface area contributed by atoms with Crippen molar-refractivity contribution in [2.45, 2.75) is 13.3 Å². The van der Waals surface area contributed by atoms with Gasteiger partial charge in [-0.15, -0.1) is 0 Å². The Morgan fingerprint density at radius 1 is 1.14 bits per heavy atom. The molecule has 4 nitrogen and oxygen atoms in total. The van der Waals surface area contributed by atoms with Crippen LogP contribution in [0.25, 0.3) is 0 Å². The molecule has 1 N–H and O–H groups in total. The van der Waals surface area contributed by atoms with E-state index in [4.69, 9.17) is 16.3 Å². The third-order valence-corrected chi connectivity index (χ3v) is 3.19. The number of nitrogens with one attached hydrogen (secondary N) is 1. The molecule has 0 unspecified atom stereocenters. The summed E-state index contributed by atoms with van der Waals surface area (Å²) in [4.78, 5) is 24.0. The summed E-state index contributed by atoms with van der Waals surface area (Å²) in [5.74, 6) is -0.680. The number of rotatable bonds is 5. The molecule has 0 aliphatic heterocycles. The van der Waals surface area contributed by atoms with Crippen LogP contribution in [-0.4, -0.2) is 18.5 Å². The van der Waals surface area contributed by atoms with Crippen LogP contribution >= 0.6 is 11.6 Å². The van der Waals surface area contributed by atoms with Gasteiger partial charge in [-0.1, -0.05) is 35.9 Å². The molecule has 0 bridgehead atoms. The van der Waals surface area contributed by atoms with E-state index in [0.29, 0.717) is 16.3 Å². The van der Waals surface area contributed by atoms with Gasteiger partial charge in [0.2, 0.25) is 5.91 Å². The van der Waals surface area contributed by atoms with E-state index in [1.54, 1.807) is 49.4 Å². The monoisotopic (exact) mass is 317 g/mol. The van der Waals surface area contributed by atoms with Crippen LogP contribution in [0.15, 0.2) is 48.5 Å². The molecule has 0 fully saturated rings. The lowest BCUT2D eigenvalue weighted by molar-refractivity contribution is -0.115. The molecule has 0 radical (unpaired) electrons. The summed E-state index contributed by atoms with van der Waals surface area (Å²) in [6.07, 6.45) is 0.178. The van der Waals surface area contributed by atoms with Crippen molar-refractivity contribution in [3.05, 3.63) is 64.7 Å². The zero-order valence-corrected chi connectivity index (χ0v) is 12.9. The van der Waals surface area contributed by atoms with E-state index in [9.17, 15) is 9.59 Å². The van der Waals surface area contributed by atoms with Gasteiger partial charge in [0, 0.05) is 5.02 Å². The van der Waals surface area contributed by atoms with Crippen molar-refractivity contribution in [1.29, 1.82) is 0 Å². The molecule has 0 aromatic heterocycles. The molecule has 0 saturated carbocycles. The van der Waals surface area contributed by atoms with Crippen molar-refractivity contribution in [1.82, 2.24) is 0 Å². The van der Waals surface area contributed by atoms with Gasteiger partial charge < -0.3 is 10.1 Å². The minimum atomic E-state index is -0.457. The first-order chi connectivity index (χ1) is 10.6. The van der Waals surface area contributed by atoms with Crippen LogP contribution in [0.3, 0.4) is 0 Å². The predicted octanol–water partition coefficient (Wildman–Crippen LogP) is 3.70. The van der Waals surface area contributed by atoms with Gasteiger partial charge in [0.05, 0.1) is 24.3 Å². The Kier molecular flexibility index (Phi) is 5.55. The molecule has 1 amide bonds. The summed E-state index contributed by atoms with van der Waals surface area (Å²) < 4.78 is 4.98. The van der Waals surface area contributed by atoms with Gasteiger partial charge in [-0.05, 0) is 36.8 Å². The molecule has 0 atom stereocenters. The zero-order valence-electron chi connectivity index (χ0n) is 12.1. The summed E-state index contributed by atoms with van der Waals surface area (Å²) >= 11 is 5.90. The zero-order chi connectivity index (χ0) is 15.9. The van der Waals surface area contributed by atoms with E-state index in [1.165, 1.54) is 0 Å².